The van der Waals surface area contributed by atoms with Crippen molar-refractivity contribution in [3.05, 3.63) is 74.8 Å². The lowest BCUT2D eigenvalue weighted by Gasteiger charge is -2.15. The van der Waals surface area contributed by atoms with E-state index in [4.69, 9.17) is 9.47 Å². The van der Waals surface area contributed by atoms with E-state index >= 15 is 0 Å². The highest BCUT2D eigenvalue weighted by Gasteiger charge is 2.15. The third-order valence-corrected chi connectivity index (χ3v) is 5.19. The number of halogens is 1. The molecule has 0 atom stereocenters. The van der Waals surface area contributed by atoms with Gasteiger partial charge in [0.1, 0.15) is 5.82 Å². The Morgan fingerprint density at radius 3 is 2.71 bits per heavy atom. The Morgan fingerprint density at radius 1 is 1.29 bits per heavy atom. The number of hydrogen-bond donors (Lipinski definition) is 0. The summed E-state index contributed by atoms with van der Waals surface area (Å²) >= 11 is 3.42. The van der Waals surface area contributed by atoms with E-state index in [1.807, 2.05) is 51.1 Å². The van der Waals surface area contributed by atoms with Gasteiger partial charge in [-0.15, -0.1) is 6.58 Å². The molecule has 0 bridgehead atoms. The predicted molar refractivity (Wildman–Crippen MR) is 129 cm³/mol. The Bertz CT molecular complexity index is 1200. The Balaban J connectivity index is 2.15. The second-order valence-corrected chi connectivity index (χ2v) is 8.20. The zero-order valence-corrected chi connectivity index (χ0v) is 19.8. The van der Waals surface area contributed by atoms with Gasteiger partial charge in [0.15, 0.2) is 11.5 Å². The number of rotatable bonds is 8. The van der Waals surface area contributed by atoms with Crippen LogP contribution in [-0.2, 0) is 6.42 Å². The minimum atomic E-state index is -0.213. The molecule has 0 aliphatic carbocycles. The number of ether oxygens (including phenoxy) is 2. The monoisotopic (exact) mass is 483 g/mol. The van der Waals surface area contributed by atoms with Crippen LogP contribution in [-0.4, -0.2) is 29.6 Å². The number of hydrogen-bond acceptors (Lipinski definition) is 5. The maximum absolute atomic E-state index is 13.2. The fraction of sp³-hybridized carbons (Fsp3) is 0.292. The fourth-order valence-electron chi connectivity index (χ4n) is 3.30. The minimum Gasteiger partial charge on any atom is -0.493 e. The number of methoxy groups -OCH3 is 1. The summed E-state index contributed by atoms with van der Waals surface area (Å²) in [6.45, 7) is 10.3. The predicted octanol–water partition coefficient (Wildman–Crippen LogP) is 5.30. The van der Waals surface area contributed by atoms with Gasteiger partial charge in [-0.3, -0.25) is 4.79 Å². The highest BCUT2D eigenvalue weighted by Crippen LogP contribution is 2.33. The summed E-state index contributed by atoms with van der Waals surface area (Å²) in [5.74, 6) is 1.92. The zero-order chi connectivity index (χ0) is 22.5. The molecule has 3 aromatic rings. The van der Waals surface area contributed by atoms with Gasteiger partial charge in [0.2, 0.25) is 0 Å². The molecule has 0 saturated carbocycles. The summed E-state index contributed by atoms with van der Waals surface area (Å²) in [6, 6.07) is 9.28. The Hall–Kier alpha value is -2.93. The van der Waals surface area contributed by atoms with E-state index in [2.05, 4.69) is 32.6 Å². The topological polar surface area (TPSA) is 65.7 Å². The smallest absolute Gasteiger partial charge is 0.282 e. The van der Waals surface area contributed by atoms with Crippen molar-refractivity contribution in [3.8, 4) is 11.5 Å². The molecular weight excluding hydrogens is 458 g/mol. The molecule has 0 aliphatic heterocycles. The van der Waals surface area contributed by atoms with Crippen LogP contribution < -0.4 is 15.0 Å². The molecule has 31 heavy (non-hydrogen) atoms. The first-order valence-electron chi connectivity index (χ1n) is 10.1. The van der Waals surface area contributed by atoms with Gasteiger partial charge in [-0.2, -0.15) is 9.78 Å². The fourth-order valence-corrected chi connectivity index (χ4v) is 3.66. The van der Waals surface area contributed by atoms with Crippen molar-refractivity contribution >= 4 is 33.0 Å². The van der Waals surface area contributed by atoms with Crippen molar-refractivity contribution in [1.29, 1.82) is 0 Å². The standard InChI is InChI=1S/C24H26BrN3O3/c1-6-8-17-11-16(12-21(30-5)22(17)31-7-2)14-26-28-23(15(3)4)27-20-10-9-18(25)13-19(20)24(28)29/h6,9-15H,1,7-8H2,2-5H3. The molecule has 7 heteroatoms. The van der Waals surface area contributed by atoms with Gasteiger partial charge in [-0.05, 0) is 49.2 Å². The van der Waals surface area contributed by atoms with Crippen molar-refractivity contribution < 1.29 is 9.47 Å². The zero-order valence-electron chi connectivity index (χ0n) is 18.2. The van der Waals surface area contributed by atoms with Gasteiger partial charge in [0.05, 0.1) is 30.8 Å². The molecule has 0 N–H and O–H groups in total. The molecule has 1 aromatic heterocycles. The highest BCUT2D eigenvalue weighted by molar-refractivity contribution is 9.10. The molecule has 0 radical (unpaired) electrons. The van der Waals surface area contributed by atoms with Crippen LogP contribution in [0.4, 0.5) is 0 Å². The number of fused-ring (bicyclic) bond motifs is 1. The minimum absolute atomic E-state index is 0.0177. The van der Waals surface area contributed by atoms with Gasteiger partial charge >= 0.3 is 0 Å². The maximum Gasteiger partial charge on any atom is 0.282 e. The Kier molecular flexibility index (Phi) is 7.28. The molecule has 0 aliphatic rings. The first-order chi connectivity index (χ1) is 14.9. The second kappa shape index (κ2) is 9.92. The van der Waals surface area contributed by atoms with Crippen LogP contribution in [0.5, 0.6) is 11.5 Å². The van der Waals surface area contributed by atoms with Crippen molar-refractivity contribution in [3.63, 3.8) is 0 Å². The summed E-state index contributed by atoms with van der Waals surface area (Å²) in [6.07, 6.45) is 4.07. The molecule has 0 unspecified atom stereocenters. The summed E-state index contributed by atoms with van der Waals surface area (Å²) in [7, 11) is 1.60. The molecular formula is C24H26BrN3O3. The van der Waals surface area contributed by atoms with Crippen LogP contribution in [0.1, 0.15) is 43.6 Å². The van der Waals surface area contributed by atoms with Crippen LogP contribution in [0.2, 0.25) is 0 Å². The molecule has 6 nitrogen and oxygen atoms in total. The summed E-state index contributed by atoms with van der Waals surface area (Å²) in [4.78, 5) is 17.9. The molecule has 0 amide bonds. The molecule has 0 saturated heterocycles. The number of benzene rings is 2. The van der Waals surface area contributed by atoms with E-state index in [1.54, 1.807) is 19.4 Å². The van der Waals surface area contributed by atoms with Crippen LogP contribution in [0.15, 0.2) is 57.4 Å². The largest absolute Gasteiger partial charge is 0.493 e. The van der Waals surface area contributed by atoms with Gasteiger partial charge < -0.3 is 9.47 Å². The number of nitrogens with zero attached hydrogens (tertiary/aromatic N) is 3. The average Bonchev–Trinajstić information content (AvgIpc) is 2.74. The first-order valence-corrected chi connectivity index (χ1v) is 10.9. The maximum atomic E-state index is 13.2. The second-order valence-electron chi connectivity index (χ2n) is 7.28. The summed E-state index contributed by atoms with van der Waals surface area (Å²) < 4.78 is 13.5. The quantitative estimate of drug-likeness (QED) is 0.322. The van der Waals surface area contributed by atoms with Crippen LogP contribution >= 0.6 is 15.9 Å². The van der Waals surface area contributed by atoms with Crippen molar-refractivity contribution in [1.82, 2.24) is 9.66 Å². The van der Waals surface area contributed by atoms with E-state index in [0.29, 0.717) is 41.3 Å². The van der Waals surface area contributed by atoms with Crippen molar-refractivity contribution in [2.75, 3.05) is 13.7 Å². The number of allylic oxidation sites excluding steroid dienone is 1. The van der Waals surface area contributed by atoms with Gasteiger partial charge in [-0.1, -0.05) is 35.9 Å². The molecule has 0 spiro atoms. The van der Waals surface area contributed by atoms with Crippen LogP contribution in [0.25, 0.3) is 10.9 Å². The highest BCUT2D eigenvalue weighted by atomic mass is 79.9. The van der Waals surface area contributed by atoms with Gasteiger partial charge in [0.25, 0.3) is 5.56 Å². The third kappa shape index (κ3) is 4.88. The van der Waals surface area contributed by atoms with Crippen LogP contribution in [0.3, 0.4) is 0 Å². The lowest BCUT2D eigenvalue weighted by molar-refractivity contribution is 0.308. The van der Waals surface area contributed by atoms with E-state index < -0.39 is 0 Å². The van der Waals surface area contributed by atoms with Crippen molar-refractivity contribution in [2.24, 2.45) is 5.10 Å². The lowest BCUT2D eigenvalue weighted by atomic mass is 10.1. The molecule has 2 aromatic carbocycles. The first kappa shape index (κ1) is 22.7. The van der Waals surface area contributed by atoms with Crippen molar-refractivity contribution in [2.45, 2.75) is 33.1 Å². The van der Waals surface area contributed by atoms with Gasteiger partial charge in [-0.25, -0.2) is 4.98 Å². The average molecular weight is 484 g/mol. The molecule has 0 fully saturated rings. The van der Waals surface area contributed by atoms with Gasteiger partial charge in [0, 0.05) is 16.0 Å². The SMILES string of the molecule is C=CCc1cc(C=Nn2c(C(C)C)nc3ccc(Br)cc3c2=O)cc(OC)c1OCC. The molecule has 162 valence electrons. The number of aromatic nitrogens is 2. The molecule has 3 rings (SSSR count). The molecule has 1 heterocycles. The van der Waals surface area contributed by atoms with E-state index in [1.165, 1.54) is 4.68 Å². The Morgan fingerprint density at radius 2 is 2.06 bits per heavy atom. The normalized spacial score (nSPS) is 11.4. The third-order valence-electron chi connectivity index (χ3n) is 4.70. The summed E-state index contributed by atoms with van der Waals surface area (Å²) in [5.41, 5.74) is 2.16. The van der Waals surface area contributed by atoms with E-state index in [9.17, 15) is 4.79 Å². The van der Waals surface area contributed by atoms with E-state index in [-0.39, 0.29) is 11.5 Å². The summed E-state index contributed by atoms with van der Waals surface area (Å²) in [5, 5.41) is 5.02. The Labute approximate surface area is 190 Å². The lowest BCUT2D eigenvalue weighted by Crippen LogP contribution is -2.23. The van der Waals surface area contributed by atoms with E-state index in [0.717, 1.165) is 15.6 Å². The van der Waals surface area contributed by atoms with Crippen LogP contribution in [0, 0.1) is 0 Å².